The number of phenols is 1. The Kier molecular flexibility index (Phi) is 7.47. The van der Waals surface area contributed by atoms with Crippen molar-refractivity contribution in [3.8, 4) is 5.75 Å². The first-order chi connectivity index (χ1) is 13.4. The van der Waals surface area contributed by atoms with Crippen LogP contribution in [0.2, 0.25) is 5.02 Å². The Hall–Kier alpha value is -2.77. The van der Waals surface area contributed by atoms with E-state index >= 15 is 0 Å². The number of nitrogens with one attached hydrogen (secondary N) is 2. The molecule has 1 aliphatic heterocycles. The fourth-order valence-corrected chi connectivity index (χ4v) is 3.35. The number of likely N-dealkylation sites (tertiary alicyclic amines) is 1. The highest BCUT2D eigenvalue weighted by molar-refractivity contribution is 6.34. The van der Waals surface area contributed by atoms with Crippen molar-refractivity contribution in [2.24, 2.45) is 5.73 Å². The molecule has 9 heteroatoms. The highest BCUT2D eigenvalue weighted by atomic mass is 35.5. The molecule has 0 unspecified atom stereocenters. The molecule has 0 atom stereocenters. The maximum atomic E-state index is 12.5. The summed E-state index contributed by atoms with van der Waals surface area (Å²) in [6, 6.07) is 9.07. The van der Waals surface area contributed by atoms with E-state index in [-0.39, 0.29) is 41.5 Å². The van der Waals surface area contributed by atoms with Gasteiger partial charge >= 0.3 is 0 Å². The van der Waals surface area contributed by atoms with Crippen LogP contribution in [0.1, 0.15) is 44.7 Å². The Labute approximate surface area is 179 Å². The lowest BCUT2D eigenvalue weighted by molar-refractivity contribution is 0.0792. The lowest BCUT2D eigenvalue weighted by atomic mass is 10.1. The molecule has 0 radical (unpaired) electrons. The third-order valence-electron chi connectivity index (χ3n) is 4.68. The van der Waals surface area contributed by atoms with E-state index in [0.29, 0.717) is 22.3 Å². The number of phenolic OH excluding ortho intramolecular Hbond substituents is 1. The minimum Gasteiger partial charge on any atom is -0.508 e. The topological polar surface area (TPSA) is 120 Å². The van der Waals surface area contributed by atoms with Crippen molar-refractivity contribution in [3.05, 3.63) is 63.7 Å². The van der Waals surface area contributed by atoms with Gasteiger partial charge in [0.2, 0.25) is 0 Å². The normalized spacial score (nSPS) is 12.9. The van der Waals surface area contributed by atoms with Gasteiger partial charge in [0.25, 0.3) is 11.8 Å². The molecule has 0 saturated carbocycles. The van der Waals surface area contributed by atoms with Crippen LogP contribution in [0.15, 0.2) is 36.4 Å². The zero-order valence-electron chi connectivity index (χ0n) is 15.6. The third kappa shape index (κ3) is 5.19. The number of aromatic hydroxyl groups is 1. The predicted molar refractivity (Wildman–Crippen MR) is 114 cm³/mol. The van der Waals surface area contributed by atoms with Gasteiger partial charge in [-0.05, 0) is 49.2 Å². The zero-order valence-corrected chi connectivity index (χ0v) is 17.1. The minimum atomic E-state index is -0.394. The van der Waals surface area contributed by atoms with Crippen LogP contribution in [0.3, 0.4) is 0 Å². The maximum Gasteiger partial charge on any atom is 0.255 e. The molecule has 0 spiro atoms. The highest BCUT2D eigenvalue weighted by Gasteiger charge is 2.22. The van der Waals surface area contributed by atoms with Crippen LogP contribution in [0, 0.1) is 5.41 Å². The van der Waals surface area contributed by atoms with Gasteiger partial charge in [0.05, 0.1) is 10.6 Å². The monoisotopic (exact) mass is 436 g/mol. The second-order valence-corrected chi connectivity index (χ2v) is 7.04. The summed E-state index contributed by atoms with van der Waals surface area (Å²) in [4.78, 5) is 26.6. The molecular formula is C20H22Cl2N4O3. The molecule has 3 rings (SSSR count). The van der Waals surface area contributed by atoms with Crippen LogP contribution in [0.5, 0.6) is 5.75 Å². The van der Waals surface area contributed by atoms with Crippen LogP contribution in [0.4, 0.5) is 0 Å². The van der Waals surface area contributed by atoms with Gasteiger partial charge < -0.3 is 21.1 Å². The lowest BCUT2D eigenvalue weighted by Gasteiger charge is -2.16. The Morgan fingerprint density at radius 2 is 1.79 bits per heavy atom. The molecule has 0 aromatic heterocycles. The predicted octanol–water partition coefficient (Wildman–Crippen LogP) is 2.92. The second kappa shape index (κ2) is 9.62. The first-order valence-electron chi connectivity index (χ1n) is 8.90. The number of rotatable bonds is 5. The van der Waals surface area contributed by atoms with Crippen molar-refractivity contribution >= 4 is 41.7 Å². The Balaban J connectivity index is 0.00000300. The quantitative estimate of drug-likeness (QED) is 0.425. The summed E-state index contributed by atoms with van der Waals surface area (Å²) in [5, 5.41) is 20.3. The first kappa shape index (κ1) is 22.5. The summed E-state index contributed by atoms with van der Waals surface area (Å²) in [6.07, 6.45) is 1.98. The molecule has 1 heterocycles. The smallest absolute Gasteiger partial charge is 0.255 e. The number of carbonyl (C=O) groups is 2. The number of halogens is 2. The fraction of sp³-hybridized carbons (Fsp3) is 0.250. The number of hydrogen-bond acceptors (Lipinski definition) is 4. The molecule has 7 nitrogen and oxygen atoms in total. The summed E-state index contributed by atoms with van der Waals surface area (Å²) >= 11 is 6.24. The van der Waals surface area contributed by atoms with Gasteiger partial charge in [-0.15, -0.1) is 12.4 Å². The molecular weight excluding hydrogens is 415 g/mol. The Morgan fingerprint density at radius 3 is 2.41 bits per heavy atom. The average molecular weight is 437 g/mol. The van der Waals surface area contributed by atoms with Crippen LogP contribution in [-0.4, -0.2) is 40.7 Å². The molecule has 0 aliphatic carbocycles. The fourth-order valence-electron chi connectivity index (χ4n) is 3.09. The van der Waals surface area contributed by atoms with Crippen molar-refractivity contribution in [1.82, 2.24) is 10.2 Å². The SMILES string of the molecule is Cl.N=C(N)c1ccc(O)c(CNC(=O)c2ccc(C(=O)N3CCCC3)c(Cl)c2)c1. The van der Waals surface area contributed by atoms with Crippen molar-refractivity contribution in [1.29, 1.82) is 5.41 Å². The van der Waals surface area contributed by atoms with E-state index in [9.17, 15) is 14.7 Å². The van der Waals surface area contributed by atoms with Crippen molar-refractivity contribution in [2.45, 2.75) is 19.4 Å². The largest absolute Gasteiger partial charge is 0.508 e. The molecule has 5 N–H and O–H groups in total. The van der Waals surface area contributed by atoms with Crippen LogP contribution in [-0.2, 0) is 6.54 Å². The summed E-state index contributed by atoms with van der Waals surface area (Å²) in [7, 11) is 0. The molecule has 2 amide bonds. The van der Waals surface area contributed by atoms with Crippen molar-refractivity contribution < 1.29 is 14.7 Å². The van der Waals surface area contributed by atoms with E-state index in [1.165, 1.54) is 18.2 Å². The van der Waals surface area contributed by atoms with Gasteiger partial charge in [-0.1, -0.05) is 11.6 Å². The number of hydrogen-bond donors (Lipinski definition) is 4. The number of amidine groups is 1. The molecule has 154 valence electrons. The summed E-state index contributed by atoms with van der Waals surface area (Å²) in [5.41, 5.74) is 7.03. The van der Waals surface area contributed by atoms with E-state index in [4.69, 9.17) is 22.7 Å². The van der Waals surface area contributed by atoms with E-state index < -0.39 is 5.91 Å². The van der Waals surface area contributed by atoms with E-state index in [0.717, 1.165) is 25.9 Å². The van der Waals surface area contributed by atoms with Gasteiger partial charge in [0, 0.05) is 36.3 Å². The number of amides is 2. The van der Waals surface area contributed by atoms with Crippen molar-refractivity contribution in [2.75, 3.05) is 13.1 Å². The Morgan fingerprint density at radius 1 is 1.14 bits per heavy atom. The standard InChI is InChI=1S/C20H21ClN4O3.ClH/c21-16-10-13(3-5-15(16)20(28)25-7-1-2-8-25)19(27)24-11-14-9-12(18(22)23)4-6-17(14)26;/h3-6,9-10,26H,1-2,7-8,11H2,(H3,22,23)(H,24,27);1H. The van der Waals surface area contributed by atoms with Crippen LogP contribution in [0.25, 0.3) is 0 Å². The molecule has 1 fully saturated rings. The van der Waals surface area contributed by atoms with Gasteiger partial charge in [0.1, 0.15) is 11.6 Å². The Bertz CT molecular complexity index is 943. The number of benzene rings is 2. The summed E-state index contributed by atoms with van der Waals surface area (Å²) in [5.74, 6) is -0.650. The lowest BCUT2D eigenvalue weighted by Crippen LogP contribution is -2.28. The zero-order chi connectivity index (χ0) is 20.3. The van der Waals surface area contributed by atoms with E-state index in [1.807, 2.05) is 0 Å². The summed E-state index contributed by atoms with van der Waals surface area (Å²) < 4.78 is 0. The number of nitrogens with two attached hydrogens (primary N) is 1. The van der Waals surface area contributed by atoms with Crippen molar-refractivity contribution in [3.63, 3.8) is 0 Å². The molecule has 0 bridgehead atoms. The van der Waals surface area contributed by atoms with E-state index in [2.05, 4.69) is 5.32 Å². The minimum absolute atomic E-state index is 0. The van der Waals surface area contributed by atoms with E-state index in [1.54, 1.807) is 23.1 Å². The number of nitrogen functional groups attached to an aromatic ring is 1. The highest BCUT2D eigenvalue weighted by Crippen LogP contribution is 2.22. The van der Waals surface area contributed by atoms with Crippen LogP contribution >= 0.6 is 24.0 Å². The third-order valence-corrected chi connectivity index (χ3v) is 5.00. The maximum absolute atomic E-state index is 12.5. The number of carbonyl (C=O) groups excluding carboxylic acids is 2. The molecule has 1 aliphatic rings. The second-order valence-electron chi connectivity index (χ2n) is 6.63. The molecule has 2 aromatic carbocycles. The van der Waals surface area contributed by atoms with Gasteiger partial charge in [-0.25, -0.2) is 0 Å². The average Bonchev–Trinajstić information content (AvgIpc) is 3.21. The number of nitrogens with zero attached hydrogens (tertiary/aromatic N) is 1. The first-order valence-corrected chi connectivity index (χ1v) is 9.28. The van der Waals surface area contributed by atoms with Gasteiger partial charge in [-0.2, -0.15) is 0 Å². The van der Waals surface area contributed by atoms with Gasteiger partial charge in [0.15, 0.2) is 0 Å². The van der Waals surface area contributed by atoms with Crippen LogP contribution < -0.4 is 11.1 Å². The molecule has 1 saturated heterocycles. The van der Waals surface area contributed by atoms with Gasteiger partial charge in [-0.3, -0.25) is 15.0 Å². The summed E-state index contributed by atoms with van der Waals surface area (Å²) in [6.45, 7) is 1.50. The molecule has 2 aromatic rings. The molecule has 29 heavy (non-hydrogen) atoms.